The Hall–Kier alpha value is -3.41. The van der Waals surface area contributed by atoms with Gasteiger partial charge in [0.1, 0.15) is 0 Å². The molecule has 0 saturated carbocycles. The fourth-order valence-electron chi connectivity index (χ4n) is 2.97. The quantitative estimate of drug-likeness (QED) is 0.618. The molecule has 28 heavy (non-hydrogen) atoms. The molecule has 2 aromatic rings. The van der Waals surface area contributed by atoms with E-state index in [0.29, 0.717) is 12.1 Å². The Morgan fingerprint density at radius 1 is 1.18 bits per heavy atom. The van der Waals surface area contributed by atoms with Gasteiger partial charge in [0.2, 0.25) is 5.91 Å². The molecule has 6 nitrogen and oxygen atoms in total. The zero-order chi connectivity index (χ0) is 19.9. The lowest BCUT2D eigenvalue weighted by Crippen LogP contribution is -2.23. The van der Waals surface area contributed by atoms with Crippen LogP contribution in [0.25, 0.3) is 6.08 Å². The van der Waals surface area contributed by atoms with E-state index in [4.69, 9.17) is 4.74 Å². The Balaban J connectivity index is 1.46. The fraction of sp³-hybridized carbons (Fsp3) is 0.227. The Bertz CT molecular complexity index is 903. The molecular weight excluding hydrogens is 356 g/mol. The van der Waals surface area contributed by atoms with Crippen molar-refractivity contribution < 1.29 is 19.1 Å². The summed E-state index contributed by atoms with van der Waals surface area (Å²) in [6.45, 7) is 2.31. The van der Waals surface area contributed by atoms with Crippen molar-refractivity contribution in [1.29, 1.82) is 0 Å². The summed E-state index contributed by atoms with van der Waals surface area (Å²) < 4.78 is 4.96. The monoisotopic (exact) mass is 378 g/mol. The van der Waals surface area contributed by atoms with Crippen LogP contribution in [0.2, 0.25) is 0 Å². The van der Waals surface area contributed by atoms with E-state index < -0.39 is 11.9 Å². The van der Waals surface area contributed by atoms with Crippen molar-refractivity contribution in [3.05, 3.63) is 65.7 Å². The SMILES string of the molecule is Cc1cccc(/C=C/C(=O)OCC(=O)Nc2ccc(N3CCCC3=O)cc2)c1. The average Bonchev–Trinajstić information content (AvgIpc) is 3.11. The molecule has 1 N–H and O–H groups in total. The summed E-state index contributed by atoms with van der Waals surface area (Å²) >= 11 is 0. The number of anilines is 2. The van der Waals surface area contributed by atoms with E-state index in [2.05, 4.69) is 5.32 Å². The van der Waals surface area contributed by atoms with Gasteiger partial charge in [-0.05, 0) is 49.2 Å². The van der Waals surface area contributed by atoms with Gasteiger partial charge in [0.05, 0.1) is 0 Å². The van der Waals surface area contributed by atoms with E-state index in [-0.39, 0.29) is 12.5 Å². The number of aryl methyl sites for hydroxylation is 1. The van der Waals surface area contributed by atoms with Crippen LogP contribution in [0, 0.1) is 6.92 Å². The van der Waals surface area contributed by atoms with Crippen LogP contribution in [-0.4, -0.2) is 30.9 Å². The smallest absolute Gasteiger partial charge is 0.331 e. The number of carbonyl (C=O) groups excluding carboxylic acids is 3. The maximum Gasteiger partial charge on any atom is 0.331 e. The second-order valence-corrected chi connectivity index (χ2v) is 6.60. The van der Waals surface area contributed by atoms with Crippen LogP contribution < -0.4 is 10.2 Å². The predicted octanol–water partition coefficient (Wildman–Crippen LogP) is 3.32. The number of nitrogens with one attached hydrogen (secondary N) is 1. The van der Waals surface area contributed by atoms with Crippen molar-refractivity contribution in [1.82, 2.24) is 0 Å². The van der Waals surface area contributed by atoms with Crippen LogP contribution >= 0.6 is 0 Å². The Labute approximate surface area is 163 Å². The minimum atomic E-state index is -0.584. The van der Waals surface area contributed by atoms with Crippen molar-refractivity contribution in [2.75, 3.05) is 23.4 Å². The van der Waals surface area contributed by atoms with E-state index in [1.165, 1.54) is 6.08 Å². The highest BCUT2D eigenvalue weighted by Gasteiger charge is 2.21. The summed E-state index contributed by atoms with van der Waals surface area (Å²) in [4.78, 5) is 37.2. The van der Waals surface area contributed by atoms with Crippen LogP contribution in [0.1, 0.15) is 24.0 Å². The molecule has 0 aromatic heterocycles. The van der Waals surface area contributed by atoms with Gasteiger partial charge >= 0.3 is 5.97 Å². The van der Waals surface area contributed by atoms with Gasteiger partial charge in [0.15, 0.2) is 6.61 Å². The Morgan fingerprint density at radius 3 is 2.64 bits per heavy atom. The standard InChI is InChI=1S/C22H22N2O4/c1-16-4-2-5-17(14-16)7-12-22(27)28-15-20(25)23-18-8-10-19(11-9-18)24-13-3-6-21(24)26/h2,4-5,7-12,14H,3,6,13,15H2,1H3,(H,23,25)/b12-7+. The van der Waals surface area contributed by atoms with Crippen LogP contribution in [0.15, 0.2) is 54.6 Å². The number of rotatable bonds is 6. The molecule has 1 saturated heterocycles. The van der Waals surface area contributed by atoms with Crippen molar-refractivity contribution >= 4 is 35.2 Å². The highest BCUT2D eigenvalue weighted by atomic mass is 16.5. The van der Waals surface area contributed by atoms with Gasteiger partial charge in [0, 0.05) is 30.4 Å². The summed E-state index contributed by atoms with van der Waals surface area (Å²) in [5, 5.41) is 2.66. The molecule has 144 valence electrons. The maximum atomic E-state index is 12.0. The number of hydrogen-bond donors (Lipinski definition) is 1. The number of hydrogen-bond acceptors (Lipinski definition) is 4. The number of amides is 2. The maximum absolute atomic E-state index is 12.0. The highest BCUT2D eigenvalue weighted by molar-refractivity contribution is 5.97. The average molecular weight is 378 g/mol. The van der Waals surface area contributed by atoms with Crippen LogP contribution in [-0.2, 0) is 19.1 Å². The zero-order valence-electron chi connectivity index (χ0n) is 15.7. The molecule has 1 aliphatic heterocycles. The first-order valence-electron chi connectivity index (χ1n) is 9.13. The van der Waals surface area contributed by atoms with Gasteiger partial charge in [-0.2, -0.15) is 0 Å². The lowest BCUT2D eigenvalue weighted by atomic mass is 10.1. The van der Waals surface area contributed by atoms with Gasteiger partial charge in [-0.3, -0.25) is 9.59 Å². The van der Waals surface area contributed by atoms with Gasteiger partial charge in [-0.1, -0.05) is 29.8 Å². The first-order valence-corrected chi connectivity index (χ1v) is 9.13. The second kappa shape index (κ2) is 8.99. The molecule has 2 aromatic carbocycles. The Kier molecular flexibility index (Phi) is 6.22. The summed E-state index contributed by atoms with van der Waals surface area (Å²) in [6, 6.07) is 14.7. The fourth-order valence-corrected chi connectivity index (χ4v) is 2.97. The third kappa shape index (κ3) is 5.30. The van der Waals surface area contributed by atoms with Gasteiger partial charge in [0.25, 0.3) is 5.91 Å². The number of ether oxygens (including phenoxy) is 1. The molecule has 0 bridgehead atoms. The zero-order valence-corrected chi connectivity index (χ0v) is 15.7. The van der Waals surface area contributed by atoms with Gasteiger partial charge in [-0.25, -0.2) is 4.79 Å². The molecule has 6 heteroatoms. The molecule has 3 rings (SSSR count). The van der Waals surface area contributed by atoms with E-state index in [0.717, 1.165) is 29.8 Å². The molecule has 0 radical (unpaired) electrons. The van der Waals surface area contributed by atoms with Gasteiger partial charge < -0.3 is 15.0 Å². The summed E-state index contributed by atoms with van der Waals surface area (Å²) in [5.41, 5.74) is 3.37. The first-order chi connectivity index (χ1) is 13.5. The molecular formula is C22H22N2O4. The number of esters is 1. The number of carbonyl (C=O) groups is 3. The minimum absolute atomic E-state index is 0.113. The van der Waals surface area contributed by atoms with Crippen molar-refractivity contribution in [3.8, 4) is 0 Å². The summed E-state index contributed by atoms with van der Waals surface area (Å²) in [7, 11) is 0. The molecule has 0 aliphatic carbocycles. The lowest BCUT2D eigenvalue weighted by molar-refractivity contribution is -0.142. The third-order valence-electron chi connectivity index (χ3n) is 4.34. The summed E-state index contributed by atoms with van der Waals surface area (Å²) in [6.07, 6.45) is 4.37. The summed E-state index contributed by atoms with van der Waals surface area (Å²) in [5.74, 6) is -0.899. The molecule has 1 heterocycles. The van der Waals surface area contributed by atoms with Gasteiger partial charge in [-0.15, -0.1) is 0 Å². The third-order valence-corrected chi connectivity index (χ3v) is 4.34. The van der Waals surface area contributed by atoms with Crippen LogP contribution in [0.4, 0.5) is 11.4 Å². The molecule has 0 atom stereocenters. The normalized spacial score (nSPS) is 13.8. The van der Waals surface area contributed by atoms with Crippen molar-refractivity contribution in [2.45, 2.75) is 19.8 Å². The number of nitrogens with zero attached hydrogens (tertiary/aromatic N) is 1. The molecule has 2 amide bonds. The largest absolute Gasteiger partial charge is 0.452 e. The predicted molar refractivity (Wildman–Crippen MR) is 108 cm³/mol. The Morgan fingerprint density at radius 2 is 1.96 bits per heavy atom. The van der Waals surface area contributed by atoms with Crippen LogP contribution in [0.3, 0.4) is 0 Å². The highest BCUT2D eigenvalue weighted by Crippen LogP contribution is 2.22. The van der Waals surface area contributed by atoms with Crippen molar-refractivity contribution in [3.63, 3.8) is 0 Å². The van der Waals surface area contributed by atoms with Crippen molar-refractivity contribution in [2.24, 2.45) is 0 Å². The van der Waals surface area contributed by atoms with Crippen LogP contribution in [0.5, 0.6) is 0 Å². The second-order valence-electron chi connectivity index (χ2n) is 6.60. The number of benzene rings is 2. The molecule has 1 fully saturated rings. The molecule has 0 spiro atoms. The van der Waals surface area contributed by atoms with E-state index in [1.54, 1.807) is 35.2 Å². The molecule has 1 aliphatic rings. The first kappa shape index (κ1) is 19.4. The van der Waals surface area contributed by atoms with E-state index in [1.807, 2.05) is 31.2 Å². The van der Waals surface area contributed by atoms with E-state index in [9.17, 15) is 14.4 Å². The molecule has 0 unspecified atom stereocenters. The van der Waals surface area contributed by atoms with E-state index >= 15 is 0 Å². The minimum Gasteiger partial charge on any atom is -0.452 e. The lowest BCUT2D eigenvalue weighted by Gasteiger charge is -2.16. The topological polar surface area (TPSA) is 75.7 Å².